The molecule has 0 nitrogen and oxygen atoms in total. The molecule has 0 atom stereocenters. The van der Waals surface area contributed by atoms with E-state index >= 15 is 0 Å². The van der Waals surface area contributed by atoms with Crippen LogP contribution in [0.2, 0.25) is 0 Å². The average Bonchev–Trinajstić information content (AvgIpc) is 1.37. The van der Waals surface area contributed by atoms with Crippen LogP contribution in [0.4, 0.5) is 0 Å². The van der Waals surface area contributed by atoms with Crippen molar-refractivity contribution < 1.29 is 467 Å². The second-order valence-electron chi connectivity index (χ2n) is 1.000. The zero-order valence-electron chi connectivity index (χ0n) is 10.9. The van der Waals surface area contributed by atoms with Gasteiger partial charge in [-0.25, -0.2) is 0 Å². The number of unbranched alkanes of at least 4 members (excludes halogenated alkanes) is 1. The zero-order valence-corrected chi connectivity index (χ0v) is 73.4. The Labute approximate surface area is 476 Å². The summed E-state index contributed by atoms with van der Waals surface area (Å²) in [7, 11) is 0. The van der Waals surface area contributed by atoms with Gasteiger partial charge >= 0.3 is 0 Å². The van der Waals surface area contributed by atoms with E-state index in [1.54, 1.807) is 0 Å². The van der Waals surface area contributed by atoms with Crippen molar-refractivity contribution in [2.45, 2.75) is 26.7 Å². The van der Waals surface area contributed by atoms with Crippen LogP contribution in [0.15, 0.2) is 0 Å². The van der Waals surface area contributed by atoms with Crippen molar-refractivity contribution in [1.29, 1.82) is 0 Å². The molecule has 0 radical (unpaired) electrons. The molecule has 0 rings (SSSR count). The standard InChI is InChI=1S/C4H10.15U/c1-3-4-2;;;;;;;;;;;;;;;/h3-4H2,1-2H3;;;;;;;;;;;;;;;. The molecule has 0 aliphatic heterocycles. The molecule has 0 bridgehead atoms. The van der Waals surface area contributed by atoms with Crippen molar-refractivity contribution in [1.82, 2.24) is 0 Å². The Morgan fingerprint density at radius 1 is 0.263 bits per heavy atom. The fourth-order valence-corrected chi connectivity index (χ4v) is 0. The van der Waals surface area contributed by atoms with Gasteiger partial charge in [-0.15, -0.1) is 0 Å². The van der Waals surface area contributed by atoms with Gasteiger partial charge in [0.05, 0.1) is 0 Å². The third-order valence-corrected chi connectivity index (χ3v) is 0.500. The Morgan fingerprint density at radius 2 is 0.316 bits per heavy atom. The Balaban J connectivity index is -0.000000000429. The van der Waals surface area contributed by atoms with E-state index in [4.69, 9.17) is 0 Å². The van der Waals surface area contributed by atoms with Gasteiger partial charge in [-0.2, -0.15) is 0 Å². The zero-order chi connectivity index (χ0) is 3.41. The molecule has 0 N–H and O–H groups in total. The predicted octanol–water partition coefficient (Wildman–Crippen LogP) is 1.81. The maximum atomic E-state index is 2.18. The molecule has 0 saturated carbocycles. The van der Waals surface area contributed by atoms with E-state index in [2.05, 4.69) is 13.8 Å². The molecule has 0 aromatic carbocycles. The fraction of sp³-hybridized carbons (Fsp3) is 1.00. The van der Waals surface area contributed by atoms with Gasteiger partial charge in [0.1, 0.15) is 0 Å². The van der Waals surface area contributed by atoms with Crippen LogP contribution in [0, 0.1) is 467 Å². The maximum absolute atomic E-state index is 2.18. The summed E-state index contributed by atoms with van der Waals surface area (Å²) < 4.78 is 0. The van der Waals surface area contributed by atoms with Crippen molar-refractivity contribution in [2.24, 2.45) is 0 Å². The first-order valence-corrected chi connectivity index (χ1v) is 1.91. The molecule has 0 heterocycles. The van der Waals surface area contributed by atoms with Gasteiger partial charge in [0, 0.05) is 467 Å². The Kier molecular flexibility index (Phi) is 680. The summed E-state index contributed by atoms with van der Waals surface area (Å²) in [6.07, 6.45) is 2.64. The van der Waals surface area contributed by atoms with Gasteiger partial charge in [-0.05, 0) is 0 Å². The summed E-state index contributed by atoms with van der Waals surface area (Å²) in [6.45, 7) is 4.36. The van der Waals surface area contributed by atoms with Crippen molar-refractivity contribution in [3.05, 3.63) is 0 Å². The van der Waals surface area contributed by atoms with Gasteiger partial charge in [0.2, 0.25) is 0 Å². The third kappa shape index (κ3) is 121. The van der Waals surface area contributed by atoms with E-state index in [0.717, 1.165) is 0 Å². The molecule has 86 valence electrons. The summed E-state index contributed by atoms with van der Waals surface area (Å²) in [5, 5.41) is 0. The molecule has 0 saturated heterocycles. The van der Waals surface area contributed by atoms with Crippen LogP contribution in [0.25, 0.3) is 0 Å². The third-order valence-electron chi connectivity index (χ3n) is 0.500. The van der Waals surface area contributed by atoms with Gasteiger partial charge in [-0.1, -0.05) is 26.7 Å². The molecule has 0 amide bonds. The first kappa shape index (κ1) is 113. The normalized spacial score (nSPS) is 1.58. The van der Waals surface area contributed by atoms with Crippen LogP contribution in [0.1, 0.15) is 26.7 Å². The van der Waals surface area contributed by atoms with E-state index in [9.17, 15) is 0 Å². The summed E-state index contributed by atoms with van der Waals surface area (Å²) >= 11 is 0. The predicted molar refractivity (Wildman–Crippen MR) is 20.6 cm³/mol. The monoisotopic (exact) mass is 3630 g/mol. The maximum Gasteiger partial charge on any atom is 0 e. The molecule has 15 heteroatoms. The number of hydrogen-bond acceptors (Lipinski definition) is 0. The minimum absolute atomic E-state index is 0. The molecule has 19 heavy (non-hydrogen) atoms. The second-order valence-corrected chi connectivity index (χ2v) is 1.000. The van der Waals surface area contributed by atoms with E-state index in [-0.39, 0.29) is 467 Å². The van der Waals surface area contributed by atoms with Crippen LogP contribution in [-0.2, 0) is 0 Å². The fourth-order valence-electron chi connectivity index (χ4n) is 0. The summed E-state index contributed by atoms with van der Waals surface area (Å²) in [5.41, 5.74) is 0. The molecular formula is C4H10U15. The van der Waals surface area contributed by atoms with Crippen LogP contribution in [0.3, 0.4) is 0 Å². The molecule has 0 aliphatic carbocycles. The Bertz CT molecular complexity index is 16.1. The van der Waals surface area contributed by atoms with E-state index < -0.39 is 0 Å². The number of rotatable bonds is 1. The van der Waals surface area contributed by atoms with Crippen molar-refractivity contribution in [3.63, 3.8) is 0 Å². The second kappa shape index (κ2) is 115. The Hall–Kier alpha value is 15.8. The van der Waals surface area contributed by atoms with E-state index in [1.807, 2.05) is 0 Å². The van der Waals surface area contributed by atoms with E-state index in [1.165, 1.54) is 12.8 Å². The van der Waals surface area contributed by atoms with Gasteiger partial charge < -0.3 is 0 Å². The molecule has 0 aliphatic rings. The molecule has 0 aromatic heterocycles. The molecule has 0 spiro atoms. The average molecular weight is 3630 g/mol. The minimum Gasteiger partial charge on any atom is -0.0654 e. The van der Waals surface area contributed by atoms with Gasteiger partial charge in [0.15, 0.2) is 0 Å². The van der Waals surface area contributed by atoms with Crippen LogP contribution < -0.4 is 0 Å². The molecular weight excluding hydrogens is 3620 g/mol. The van der Waals surface area contributed by atoms with Crippen molar-refractivity contribution in [3.8, 4) is 0 Å². The summed E-state index contributed by atoms with van der Waals surface area (Å²) in [6, 6.07) is 0. The summed E-state index contributed by atoms with van der Waals surface area (Å²) in [4.78, 5) is 0. The SMILES string of the molecule is CCCC.[U].[U].[U].[U].[U].[U].[U].[U].[U].[U].[U].[U].[U].[U].[U]. The first-order valence-electron chi connectivity index (χ1n) is 1.91. The molecule has 0 fully saturated rings. The van der Waals surface area contributed by atoms with Crippen molar-refractivity contribution in [2.75, 3.05) is 0 Å². The van der Waals surface area contributed by atoms with Crippen molar-refractivity contribution >= 4 is 0 Å². The van der Waals surface area contributed by atoms with Crippen LogP contribution >= 0.6 is 0 Å². The smallest absolute Gasteiger partial charge is 0 e. The van der Waals surface area contributed by atoms with Gasteiger partial charge in [-0.3, -0.25) is 0 Å². The minimum atomic E-state index is 0. The largest absolute Gasteiger partial charge is 0.0654 e. The first-order chi connectivity index (χ1) is 1.91. The van der Waals surface area contributed by atoms with E-state index in [0.29, 0.717) is 0 Å². The van der Waals surface area contributed by atoms with Crippen LogP contribution in [-0.4, -0.2) is 0 Å². The topological polar surface area (TPSA) is 0 Å². The van der Waals surface area contributed by atoms with Gasteiger partial charge in [0.25, 0.3) is 0 Å². The number of hydrogen-bond donors (Lipinski definition) is 0. The Morgan fingerprint density at radius 3 is 0.316 bits per heavy atom. The quantitative estimate of drug-likeness (QED) is 0.377. The van der Waals surface area contributed by atoms with Crippen LogP contribution in [0.5, 0.6) is 0 Å². The summed E-state index contributed by atoms with van der Waals surface area (Å²) in [5.74, 6) is 0. The molecule has 0 aromatic rings. The molecule has 0 unspecified atom stereocenters.